The molecule has 1 aliphatic rings. The summed E-state index contributed by atoms with van der Waals surface area (Å²) in [5.74, 6) is 0. The van der Waals surface area contributed by atoms with Gasteiger partial charge in [-0.1, -0.05) is 11.6 Å². The van der Waals surface area contributed by atoms with Gasteiger partial charge in [0, 0.05) is 5.02 Å². The number of anilines is 1. The third kappa shape index (κ3) is 1.42. The van der Waals surface area contributed by atoms with Crippen LogP contribution in [0.15, 0.2) is 23.1 Å². The van der Waals surface area contributed by atoms with Gasteiger partial charge in [-0.15, -0.1) is 0 Å². The molecule has 0 radical (unpaired) electrons. The zero-order valence-corrected chi connectivity index (χ0v) is 8.32. The van der Waals surface area contributed by atoms with Crippen molar-refractivity contribution in [2.24, 2.45) is 0 Å². The highest BCUT2D eigenvalue weighted by atomic mass is 35.5. The van der Waals surface area contributed by atoms with Crippen LogP contribution in [0.2, 0.25) is 5.02 Å². The number of amides is 2. The first kappa shape index (κ1) is 9.29. The largest absolute Gasteiger partial charge is 0.333 e. The van der Waals surface area contributed by atoms with Crippen LogP contribution < -0.4 is 10.0 Å². The van der Waals surface area contributed by atoms with Crippen molar-refractivity contribution >= 4 is 33.3 Å². The maximum absolute atomic E-state index is 11.4. The number of hydrogen-bond donors (Lipinski definition) is 2. The lowest BCUT2D eigenvalue weighted by Crippen LogP contribution is -2.39. The van der Waals surface area contributed by atoms with Crippen LogP contribution in [0.5, 0.6) is 0 Å². The van der Waals surface area contributed by atoms with E-state index in [0.717, 1.165) is 0 Å². The number of halogens is 1. The summed E-state index contributed by atoms with van der Waals surface area (Å²) < 4.78 is 24.6. The lowest BCUT2D eigenvalue weighted by atomic mass is 10.3. The van der Waals surface area contributed by atoms with Crippen LogP contribution in [0.1, 0.15) is 0 Å². The summed E-state index contributed by atoms with van der Waals surface area (Å²) in [7, 11) is -3.76. The molecule has 0 aliphatic carbocycles. The molecule has 1 aromatic carbocycles. The lowest BCUT2D eigenvalue weighted by Gasteiger charge is -2.17. The van der Waals surface area contributed by atoms with Crippen LogP contribution in [0.25, 0.3) is 0 Å². The minimum absolute atomic E-state index is 0.0235. The van der Waals surface area contributed by atoms with E-state index in [-0.39, 0.29) is 10.6 Å². The molecule has 2 amide bonds. The van der Waals surface area contributed by atoms with Crippen LogP contribution >= 0.6 is 11.6 Å². The number of benzene rings is 1. The average Bonchev–Trinajstić information content (AvgIpc) is 2.05. The van der Waals surface area contributed by atoms with Gasteiger partial charge in [-0.05, 0) is 18.2 Å². The highest BCUT2D eigenvalue weighted by molar-refractivity contribution is 7.90. The van der Waals surface area contributed by atoms with Crippen LogP contribution in [-0.4, -0.2) is 14.4 Å². The molecule has 2 N–H and O–H groups in total. The zero-order valence-electron chi connectivity index (χ0n) is 6.74. The van der Waals surface area contributed by atoms with Crippen molar-refractivity contribution in [1.82, 2.24) is 4.72 Å². The molecule has 5 nitrogen and oxygen atoms in total. The molecule has 7 heteroatoms. The standard InChI is InChI=1S/C7H5ClN2O3S/c8-4-1-2-5-6(3-4)14(12,13)10-7(11)9-5/h1-3H,(H2,9,10,11). The Kier molecular flexibility index (Phi) is 1.90. The minimum atomic E-state index is -3.76. The maximum Gasteiger partial charge on any atom is 0.333 e. The minimum Gasteiger partial charge on any atom is -0.306 e. The van der Waals surface area contributed by atoms with Gasteiger partial charge < -0.3 is 5.32 Å². The highest BCUT2D eigenvalue weighted by Gasteiger charge is 2.27. The summed E-state index contributed by atoms with van der Waals surface area (Å²) in [6, 6.07) is 3.45. The molecule has 0 unspecified atom stereocenters. The Hall–Kier alpha value is -1.27. The molecule has 14 heavy (non-hydrogen) atoms. The van der Waals surface area contributed by atoms with E-state index in [1.165, 1.54) is 18.2 Å². The van der Waals surface area contributed by atoms with Gasteiger partial charge in [0.15, 0.2) is 0 Å². The molecule has 74 valence electrons. The van der Waals surface area contributed by atoms with E-state index in [1.807, 2.05) is 0 Å². The highest BCUT2D eigenvalue weighted by Crippen LogP contribution is 2.27. The summed E-state index contributed by atoms with van der Waals surface area (Å²) in [4.78, 5) is 10.9. The third-order valence-corrected chi connectivity index (χ3v) is 3.31. The van der Waals surface area contributed by atoms with E-state index in [4.69, 9.17) is 11.6 Å². The number of carbonyl (C=O) groups excluding carboxylic acids is 1. The molecule has 1 aromatic rings. The quantitative estimate of drug-likeness (QED) is 0.705. The Balaban J connectivity index is 2.71. The molecule has 0 atom stereocenters. The summed E-state index contributed by atoms with van der Waals surface area (Å²) in [6.45, 7) is 0. The predicted octanol–water partition coefficient (Wildman–Crippen LogP) is 1.16. The third-order valence-electron chi connectivity index (χ3n) is 1.71. The van der Waals surface area contributed by atoms with Crippen molar-refractivity contribution in [3.05, 3.63) is 23.2 Å². The fraction of sp³-hybridized carbons (Fsp3) is 0. The molecule has 0 bridgehead atoms. The van der Waals surface area contributed by atoms with Crippen molar-refractivity contribution in [1.29, 1.82) is 0 Å². The molecule has 1 aliphatic heterocycles. The lowest BCUT2D eigenvalue weighted by molar-refractivity contribution is 0.256. The first-order chi connectivity index (χ1) is 6.49. The molecule has 0 saturated carbocycles. The molecule has 2 rings (SSSR count). The monoisotopic (exact) mass is 232 g/mol. The molecule has 0 aromatic heterocycles. The second kappa shape index (κ2) is 2.86. The fourth-order valence-corrected chi connectivity index (χ4v) is 2.48. The summed E-state index contributed by atoms with van der Waals surface area (Å²) in [6.07, 6.45) is 0. The van der Waals surface area contributed by atoms with Crippen LogP contribution in [0.4, 0.5) is 10.5 Å². The number of sulfonamides is 1. The first-order valence-electron chi connectivity index (χ1n) is 3.62. The Morgan fingerprint density at radius 3 is 2.71 bits per heavy atom. The number of fused-ring (bicyclic) bond motifs is 1. The van der Waals surface area contributed by atoms with Gasteiger partial charge in [0.25, 0.3) is 10.0 Å². The van der Waals surface area contributed by atoms with Crippen LogP contribution in [0, 0.1) is 0 Å². The second-order valence-corrected chi connectivity index (χ2v) is 4.79. The van der Waals surface area contributed by atoms with Crippen molar-refractivity contribution in [2.75, 3.05) is 5.32 Å². The van der Waals surface area contributed by atoms with E-state index in [9.17, 15) is 13.2 Å². The van der Waals surface area contributed by atoms with Gasteiger partial charge in [-0.3, -0.25) is 0 Å². The van der Waals surface area contributed by atoms with Crippen LogP contribution in [-0.2, 0) is 10.0 Å². The van der Waals surface area contributed by atoms with E-state index in [1.54, 1.807) is 4.72 Å². The first-order valence-corrected chi connectivity index (χ1v) is 5.48. The smallest absolute Gasteiger partial charge is 0.306 e. The Labute approximate surface area is 85.1 Å². The molecular formula is C7H5ClN2O3S. The van der Waals surface area contributed by atoms with Crippen LogP contribution in [0.3, 0.4) is 0 Å². The van der Waals surface area contributed by atoms with Gasteiger partial charge in [0.1, 0.15) is 4.90 Å². The molecule has 1 heterocycles. The molecule has 0 fully saturated rings. The topological polar surface area (TPSA) is 75.3 Å². The maximum atomic E-state index is 11.4. The summed E-state index contributed by atoms with van der Waals surface area (Å²) >= 11 is 5.64. The van der Waals surface area contributed by atoms with E-state index >= 15 is 0 Å². The summed E-state index contributed by atoms with van der Waals surface area (Å²) in [5.41, 5.74) is 0.234. The molecular weight excluding hydrogens is 228 g/mol. The van der Waals surface area contributed by atoms with Gasteiger partial charge in [-0.2, -0.15) is 0 Å². The molecule has 0 spiro atoms. The van der Waals surface area contributed by atoms with Gasteiger partial charge in [0.05, 0.1) is 5.69 Å². The molecule has 0 saturated heterocycles. The Morgan fingerprint density at radius 2 is 2.00 bits per heavy atom. The number of nitrogens with one attached hydrogen (secondary N) is 2. The number of urea groups is 1. The van der Waals surface area contributed by atoms with Gasteiger partial charge >= 0.3 is 6.03 Å². The Morgan fingerprint density at radius 1 is 1.29 bits per heavy atom. The van der Waals surface area contributed by atoms with E-state index in [0.29, 0.717) is 5.02 Å². The average molecular weight is 233 g/mol. The zero-order chi connectivity index (χ0) is 10.3. The van der Waals surface area contributed by atoms with Crippen molar-refractivity contribution < 1.29 is 13.2 Å². The van der Waals surface area contributed by atoms with E-state index < -0.39 is 16.1 Å². The number of rotatable bonds is 0. The van der Waals surface area contributed by atoms with Crippen molar-refractivity contribution in [3.63, 3.8) is 0 Å². The van der Waals surface area contributed by atoms with Gasteiger partial charge in [0.2, 0.25) is 0 Å². The van der Waals surface area contributed by atoms with Gasteiger partial charge in [-0.25, -0.2) is 17.9 Å². The normalized spacial score (nSPS) is 17.9. The Bertz CT molecular complexity index is 512. The number of hydrogen-bond acceptors (Lipinski definition) is 3. The second-order valence-electron chi connectivity index (χ2n) is 2.70. The van der Waals surface area contributed by atoms with Crippen molar-refractivity contribution in [3.8, 4) is 0 Å². The predicted molar refractivity (Wildman–Crippen MR) is 50.8 cm³/mol. The summed E-state index contributed by atoms with van der Waals surface area (Å²) in [5, 5.41) is 2.65. The van der Waals surface area contributed by atoms with Crippen molar-refractivity contribution in [2.45, 2.75) is 4.90 Å². The SMILES string of the molecule is O=C1Nc2ccc(Cl)cc2S(=O)(=O)N1. The number of carbonyl (C=O) groups is 1. The van der Waals surface area contributed by atoms with E-state index in [2.05, 4.69) is 5.32 Å². The fourth-order valence-electron chi connectivity index (χ4n) is 1.15.